The molecule has 0 aromatic heterocycles. The van der Waals surface area contributed by atoms with Gasteiger partial charge in [0, 0.05) is 12.2 Å². The number of unbranched alkanes of at least 4 members (excludes halogenated alkanes) is 4. The summed E-state index contributed by atoms with van der Waals surface area (Å²) in [4.78, 5) is 22.8. The van der Waals surface area contributed by atoms with Gasteiger partial charge in [-0.25, -0.2) is 9.59 Å². The summed E-state index contributed by atoms with van der Waals surface area (Å²) in [5.41, 5.74) is 0. The van der Waals surface area contributed by atoms with E-state index in [0.29, 0.717) is 13.0 Å². The summed E-state index contributed by atoms with van der Waals surface area (Å²) in [5.74, 6) is 4.37. The molecule has 0 aliphatic heterocycles. The van der Waals surface area contributed by atoms with Crippen LogP contribution in [0, 0.1) is 11.8 Å². The van der Waals surface area contributed by atoms with Crippen LogP contribution in [0.2, 0.25) is 0 Å². The van der Waals surface area contributed by atoms with Gasteiger partial charge in [0.2, 0.25) is 0 Å². The molecular weight excluding hydrogens is 268 g/mol. The van der Waals surface area contributed by atoms with E-state index in [0.717, 1.165) is 31.4 Å². The van der Waals surface area contributed by atoms with Gasteiger partial charge in [-0.2, -0.15) is 0 Å². The Morgan fingerprint density at radius 3 is 2.33 bits per heavy atom. The maximum atomic E-state index is 11.5. The molecule has 118 valence electrons. The predicted molar refractivity (Wildman–Crippen MR) is 82.5 cm³/mol. The molecule has 0 aliphatic carbocycles. The molecule has 0 rings (SSSR count). The van der Waals surface area contributed by atoms with Gasteiger partial charge in [0.1, 0.15) is 0 Å². The minimum Gasteiger partial charge on any atom is -0.463 e. The van der Waals surface area contributed by atoms with Gasteiger partial charge < -0.3 is 9.47 Å². The maximum Gasteiger partial charge on any atom is 0.332 e. The molecule has 0 radical (unpaired) electrons. The Morgan fingerprint density at radius 1 is 1.05 bits per heavy atom. The van der Waals surface area contributed by atoms with Crippen molar-refractivity contribution in [2.24, 2.45) is 0 Å². The third kappa shape index (κ3) is 11.7. The molecule has 4 heteroatoms. The summed E-state index contributed by atoms with van der Waals surface area (Å²) in [6.45, 7) is 6.10. The maximum absolute atomic E-state index is 11.5. The van der Waals surface area contributed by atoms with E-state index in [9.17, 15) is 9.59 Å². The van der Waals surface area contributed by atoms with Crippen molar-refractivity contribution < 1.29 is 19.1 Å². The van der Waals surface area contributed by atoms with Crippen LogP contribution >= 0.6 is 0 Å². The fourth-order valence-corrected chi connectivity index (χ4v) is 1.62. The van der Waals surface area contributed by atoms with Crippen molar-refractivity contribution in [2.45, 2.75) is 65.4 Å². The zero-order chi connectivity index (χ0) is 15.9. The Hall–Kier alpha value is -1.76. The summed E-state index contributed by atoms with van der Waals surface area (Å²) < 4.78 is 10.0. The lowest BCUT2D eigenvalue weighted by molar-refractivity contribution is -0.142. The molecule has 0 amide bonds. The van der Waals surface area contributed by atoms with Gasteiger partial charge in [0.05, 0.1) is 6.61 Å². The van der Waals surface area contributed by atoms with Crippen LogP contribution in [0.3, 0.4) is 0 Å². The van der Waals surface area contributed by atoms with Crippen LogP contribution in [-0.4, -0.2) is 24.6 Å². The van der Waals surface area contributed by atoms with Crippen molar-refractivity contribution in [2.75, 3.05) is 6.61 Å². The monoisotopic (exact) mass is 294 g/mol. The summed E-state index contributed by atoms with van der Waals surface area (Å²) in [5, 5.41) is 0. The molecule has 0 fully saturated rings. The average molecular weight is 294 g/mol. The molecule has 0 aliphatic rings. The molecule has 0 saturated carbocycles. The lowest BCUT2D eigenvalue weighted by Crippen LogP contribution is -2.14. The number of hydrogen-bond donors (Lipinski definition) is 0. The van der Waals surface area contributed by atoms with Gasteiger partial charge in [-0.05, 0) is 19.8 Å². The van der Waals surface area contributed by atoms with Crippen LogP contribution in [0.4, 0.5) is 0 Å². The van der Waals surface area contributed by atoms with Gasteiger partial charge in [0.25, 0.3) is 0 Å². The van der Waals surface area contributed by atoms with E-state index in [1.54, 1.807) is 6.92 Å². The molecule has 21 heavy (non-hydrogen) atoms. The van der Waals surface area contributed by atoms with Gasteiger partial charge in [0.15, 0.2) is 6.10 Å². The largest absolute Gasteiger partial charge is 0.463 e. The van der Waals surface area contributed by atoms with Crippen LogP contribution < -0.4 is 0 Å². The summed E-state index contributed by atoms with van der Waals surface area (Å²) >= 11 is 0. The Balaban J connectivity index is 3.86. The van der Waals surface area contributed by atoms with Gasteiger partial charge in [-0.3, -0.25) is 0 Å². The van der Waals surface area contributed by atoms with Crippen molar-refractivity contribution in [1.29, 1.82) is 0 Å². The number of esters is 2. The van der Waals surface area contributed by atoms with Crippen LogP contribution in [0.15, 0.2) is 12.2 Å². The first-order valence-corrected chi connectivity index (χ1v) is 7.61. The molecule has 0 spiro atoms. The van der Waals surface area contributed by atoms with E-state index in [1.165, 1.54) is 12.8 Å². The van der Waals surface area contributed by atoms with Gasteiger partial charge >= 0.3 is 11.9 Å². The standard InChI is InChI=1S/C17H26O4/c1-4-7-8-9-10-14-20-16(18)12-13-17(19)21-15(6-3)11-5-2/h12-13,15H,4,6-10,14H2,1-3H3/b13-12+. The summed E-state index contributed by atoms with van der Waals surface area (Å²) in [6.07, 6.45) is 7.83. The lowest BCUT2D eigenvalue weighted by Gasteiger charge is -2.07. The highest BCUT2D eigenvalue weighted by atomic mass is 16.5. The molecule has 0 aromatic carbocycles. The van der Waals surface area contributed by atoms with Crippen molar-refractivity contribution in [3.63, 3.8) is 0 Å². The Kier molecular flexibility index (Phi) is 12.1. The van der Waals surface area contributed by atoms with E-state index in [-0.39, 0.29) is 0 Å². The Labute approximate surface area is 127 Å². The first-order valence-electron chi connectivity index (χ1n) is 7.61. The number of rotatable bonds is 10. The highest BCUT2D eigenvalue weighted by Crippen LogP contribution is 2.02. The summed E-state index contributed by atoms with van der Waals surface area (Å²) in [7, 11) is 0. The highest BCUT2D eigenvalue weighted by molar-refractivity contribution is 5.91. The number of carbonyl (C=O) groups excluding carboxylic acids is 2. The van der Waals surface area contributed by atoms with Crippen molar-refractivity contribution >= 4 is 11.9 Å². The van der Waals surface area contributed by atoms with Crippen molar-refractivity contribution in [1.82, 2.24) is 0 Å². The second kappa shape index (κ2) is 13.2. The number of ether oxygens (including phenoxy) is 2. The van der Waals surface area contributed by atoms with E-state index in [4.69, 9.17) is 9.47 Å². The molecule has 1 atom stereocenters. The first-order chi connectivity index (χ1) is 10.1. The fourth-order valence-electron chi connectivity index (χ4n) is 1.62. The van der Waals surface area contributed by atoms with Crippen molar-refractivity contribution in [3.8, 4) is 11.8 Å². The Morgan fingerprint density at radius 2 is 1.71 bits per heavy atom. The first kappa shape index (κ1) is 19.2. The summed E-state index contributed by atoms with van der Waals surface area (Å²) in [6, 6.07) is 0. The second-order valence-corrected chi connectivity index (χ2v) is 4.64. The van der Waals surface area contributed by atoms with Crippen LogP contribution in [0.1, 0.15) is 59.3 Å². The van der Waals surface area contributed by atoms with Crippen LogP contribution in [0.25, 0.3) is 0 Å². The fraction of sp³-hybridized carbons (Fsp3) is 0.647. The van der Waals surface area contributed by atoms with E-state index >= 15 is 0 Å². The van der Waals surface area contributed by atoms with E-state index < -0.39 is 18.0 Å². The Bertz CT molecular complexity index is 387. The third-order valence-electron chi connectivity index (χ3n) is 2.78. The smallest absolute Gasteiger partial charge is 0.332 e. The minimum absolute atomic E-state index is 0.390. The second-order valence-electron chi connectivity index (χ2n) is 4.64. The molecule has 0 aromatic rings. The molecule has 0 saturated heterocycles. The molecule has 0 heterocycles. The zero-order valence-electron chi connectivity index (χ0n) is 13.3. The molecule has 1 unspecified atom stereocenters. The molecule has 4 nitrogen and oxygen atoms in total. The van der Waals surface area contributed by atoms with Crippen LogP contribution in [-0.2, 0) is 19.1 Å². The van der Waals surface area contributed by atoms with Crippen molar-refractivity contribution in [3.05, 3.63) is 12.2 Å². The van der Waals surface area contributed by atoms with Gasteiger partial charge in [-0.1, -0.05) is 45.5 Å². The average Bonchev–Trinajstić information content (AvgIpc) is 2.48. The zero-order valence-corrected chi connectivity index (χ0v) is 13.3. The number of hydrogen-bond acceptors (Lipinski definition) is 4. The molecule has 0 N–H and O–H groups in total. The van der Waals surface area contributed by atoms with Gasteiger partial charge in [-0.15, -0.1) is 5.92 Å². The predicted octanol–water partition coefficient (Wildman–Crippen LogP) is 3.40. The highest BCUT2D eigenvalue weighted by Gasteiger charge is 2.07. The SMILES string of the molecule is CC#CC(CC)OC(=O)/C=C/C(=O)OCCCCCCC. The molecule has 0 bridgehead atoms. The lowest BCUT2D eigenvalue weighted by atomic mass is 10.2. The minimum atomic E-state index is -0.579. The van der Waals surface area contributed by atoms with E-state index in [1.807, 2.05) is 6.92 Å². The molecular formula is C17H26O4. The quantitative estimate of drug-likeness (QED) is 0.268. The van der Waals surface area contributed by atoms with Crippen LogP contribution in [0.5, 0.6) is 0 Å². The van der Waals surface area contributed by atoms with E-state index in [2.05, 4.69) is 18.8 Å². The normalized spacial score (nSPS) is 11.6. The third-order valence-corrected chi connectivity index (χ3v) is 2.78. The topological polar surface area (TPSA) is 52.6 Å². The number of carbonyl (C=O) groups is 2.